The number of fused-ring (bicyclic) bond motifs is 1. The third kappa shape index (κ3) is 7.38. The van der Waals surface area contributed by atoms with E-state index in [4.69, 9.17) is 0 Å². The molecule has 0 spiro atoms. The fourth-order valence-corrected chi connectivity index (χ4v) is 6.05. The first-order valence-electron chi connectivity index (χ1n) is 11.2. The molecule has 0 radical (unpaired) electrons. The number of sulfonamides is 1. The van der Waals surface area contributed by atoms with Crippen molar-refractivity contribution in [3.63, 3.8) is 0 Å². The zero-order valence-corrected chi connectivity index (χ0v) is 21.4. The largest absolute Gasteiger partial charge is 0.356 e. The van der Waals surface area contributed by atoms with E-state index in [2.05, 4.69) is 16.9 Å². The Morgan fingerprint density at radius 2 is 1.75 bits per heavy atom. The van der Waals surface area contributed by atoms with Crippen molar-refractivity contribution in [1.29, 1.82) is 0 Å². The van der Waals surface area contributed by atoms with Crippen molar-refractivity contribution in [1.82, 2.24) is 14.3 Å². The fraction of sp³-hybridized carbons (Fsp3) is 0.636. The van der Waals surface area contributed by atoms with Crippen molar-refractivity contribution in [2.24, 2.45) is 5.92 Å². The number of hydrogen-bond donors (Lipinski definition) is 0. The lowest BCUT2D eigenvalue weighted by Crippen LogP contribution is -2.38. The van der Waals surface area contributed by atoms with Crippen LogP contribution < -0.4 is 4.90 Å². The molecule has 0 N–H and O–H groups in total. The Bertz CT molecular complexity index is 1100. The van der Waals surface area contributed by atoms with Gasteiger partial charge in [-0.1, -0.05) is 32.9 Å². The molecule has 3 heterocycles. The number of aromatic nitrogens is 2. The number of sulfone groups is 1. The van der Waals surface area contributed by atoms with Gasteiger partial charge in [-0.15, -0.1) is 0 Å². The van der Waals surface area contributed by atoms with E-state index in [1.165, 1.54) is 6.26 Å². The molecule has 8 nitrogen and oxygen atoms in total. The molecule has 32 heavy (non-hydrogen) atoms. The van der Waals surface area contributed by atoms with E-state index in [1.807, 2.05) is 43.9 Å². The first-order chi connectivity index (χ1) is 15.0. The van der Waals surface area contributed by atoms with Gasteiger partial charge in [0, 0.05) is 31.2 Å². The zero-order valence-electron chi connectivity index (χ0n) is 19.8. The number of rotatable bonds is 2. The highest BCUT2D eigenvalue weighted by Gasteiger charge is 2.24. The molecule has 0 unspecified atom stereocenters. The molecule has 2 saturated heterocycles. The maximum atomic E-state index is 11.8. The van der Waals surface area contributed by atoms with E-state index in [1.54, 1.807) is 10.5 Å². The highest BCUT2D eigenvalue weighted by atomic mass is 32.2. The lowest BCUT2D eigenvalue weighted by molar-refractivity contribution is 0.289. The fourth-order valence-electron chi connectivity index (χ4n) is 3.73. The molecule has 10 heteroatoms. The van der Waals surface area contributed by atoms with E-state index >= 15 is 0 Å². The van der Waals surface area contributed by atoms with E-state index in [9.17, 15) is 16.8 Å². The zero-order chi connectivity index (χ0) is 23.9. The van der Waals surface area contributed by atoms with Crippen molar-refractivity contribution >= 4 is 36.5 Å². The van der Waals surface area contributed by atoms with Gasteiger partial charge in [-0.2, -0.15) is 0 Å². The molecule has 2 aromatic rings. The molecule has 2 fully saturated rings. The molecule has 2 aliphatic rings. The first kappa shape index (κ1) is 26.5. The van der Waals surface area contributed by atoms with Crippen LogP contribution in [0.25, 0.3) is 10.9 Å². The van der Waals surface area contributed by atoms with Crippen LogP contribution in [0, 0.1) is 12.8 Å². The van der Waals surface area contributed by atoms with Gasteiger partial charge in [0.05, 0.1) is 23.2 Å². The van der Waals surface area contributed by atoms with Crippen LogP contribution in [0.2, 0.25) is 0 Å². The minimum Gasteiger partial charge on any atom is -0.356 e. The Hall–Kier alpha value is -1.78. The number of anilines is 1. The summed E-state index contributed by atoms with van der Waals surface area (Å²) >= 11 is 0. The highest BCUT2D eigenvalue weighted by Crippen LogP contribution is 2.27. The summed E-state index contributed by atoms with van der Waals surface area (Å²) in [5.74, 6) is 1.74. The molecule has 1 aromatic heterocycles. The molecule has 1 aromatic carbocycles. The van der Waals surface area contributed by atoms with Crippen LogP contribution in [0.4, 0.5) is 5.69 Å². The third-order valence-corrected chi connectivity index (χ3v) is 8.42. The average molecular weight is 485 g/mol. The first-order valence-corrected chi connectivity index (χ1v) is 14.8. The standard InChI is InChI=1S/C13H15N3O2S.C7H15NO2S.C2H6/c1-10-14-8-11-4-2-5-12(13(11)15-10)16-6-3-7-19(17,18)9-16;1-7-3-5-8(6-4-7)11(2,9)10;1-2/h2,4-5,8H,3,6-7,9H2,1H3;7H,3-6H2,1-2H3;1-2H3. The Morgan fingerprint density at radius 3 is 2.34 bits per heavy atom. The van der Waals surface area contributed by atoms with Crippen LogP contribution in [0.3, 0.4) is 0 Å². The number of nitrogens with zero attached hydrogens (tertiary/aromatic N) is 4. The van der Waals surface area contributed by atoms with Crippen LogP contribution in [0.5, 0.6) is 0 Å². The molecule has 2 aliphatic heterocycles. The summed E-state index contributed by atoms with van der Waals surface area (Å²) in [5, 5.41) is 0.936. The summed E-state index contributed by atoms with van der Waals surface area (Å²) in [6.07, 6.45) is 5.74. The third-order valence-electron chi connectivity index (χ3n) is 5.50. The van der Waals surface area contributed by atoms with Crippen LogP contribution in [-0.4, -0.2) is 68.6 Å². The van der Waals surface area contributed by atoms with Gasteiger partial charge >= 0.3 is 0 Å². The average Bonchev–Trinajstić information content (AvgIpc) is 2.74. The SMILES string of the molecule is CC.CC1CCN(S(C)(=O)=O)CC1.Cc1ncc2cccc(N3CCCS(=O)(=O)C3)c2n1. The summed E-state index contributed by atoms with van der Waals surface area (Å²) in [4.78, 5) is 10.5. The maximum absolute atomic E-state index is 11.8. The predicted molar refractivity (Wildman–Crippen MR) is 131 cm³/mol. The summed E-state index contributed by atoms with van der Waals surface area (Å²) in [6, 6.07) is 5.78. The Kier molecular flexibility index (Phi) is 9.41. The van der Waals surface area contributed by atoms with Crippen molar-refractivity contribution in [2.45, 2.75) is 47.0 Å². The lowest BCUT2D eigenvalue weighted by atomic mass is 10.0. The van der Waals surface area contributed by atoms with Gasteiger partial charge in [0.2, 0.25) is 10.0 Å². The maximum Gasteiger partial charge on any atom is 0.211 e. The number of aryl methyl sites for hydroxylation is 1. The quantitative estimate of drug-likeness (QED) is 0.645. The van der Waals surface area contributed by atoms with Gasteiger partial charge in [0.15, 0.2) is 9.84 Å². The monoisotopic (exact) mass is 484 g/mol. The molecule has 0 saturated carbocycles. The van der Waals surface area contributed by atoms with Crippen LogP contribution in [0.1, 0.15) is 45.9 Å². The van der Waals surface area contributed by atoms with E-state index < -0.39 is 19.9 Å². The Morgan fingerprint density at radius 1 is 1.09 bits per heavy atom. The molecule has 4 rings (SSSR count). The summed E-state index contributed by atoms with van der Waals surface area (Å²) < 4.78 is 47.1. The second-order valence-electron chi connectivity index (χ2n) is 8.17. The molecule has 0 amide bonds. The van der Waals surface area contributed by atoms with Gasteiger partial charge in [-0.3, -0.25) is 0 Å². The number of para-hydroxylation sites is 1. The normalized spacial score (nSPS) is 19.5. The molecule has 0 bridgehead atoms. The number of piperidine rings is 1. The molecular weight excluding hydrogens is 448 g/mol. The molecular formula is C22H36N4O4S2. The number of hydrogen-bond acceptors (Lipinski definition) is 7. The van der Waals surface area contributed by atoms with Crippen LogP contribution in [0.15, 0.2) is 24.4 Å². The summed E-state index contributed by atoms with van der Waals surface area (Å²) in [6.45, 7) is 10.2. The minimum atomic E-state index is -2.98. The van der Waals surface area contributed by atoms with E-state index in [0.29, 0.717) is 31.3 Å². The summed E-state index contributed by atoms with van der Waals surface area (Å²) in [5.41, 5.74) is 1.71. The number of benzene rings is 1. The topological polar surface area (TPSA) is 101 Å². The van der Waals surface area contributed by atoms with Crippen molar-refractivity contribution < 1.29 is 16.8 Å². The van der Waals surface area contributed by atoms with E-state index in [0.717, 1.165) is 36.0 Å². The van der Waals surface area contributed by atoms with Gasteiger partial charge in [0.1, 0.15) is 11.7 Å². The summed E-state index contributed by atoms with van der Waals surface area (Å²) in [7, 11) is -5.89. The second kappa shape index (κ2) is 11.4. The van der Waals surface area contributed by atoms with Gasteiger partial charge in [0.25, 0.3) is 0 Å². The lowest BCUT2D eigenvalue weighted by Gasteiger charge is -2.29. The van der Waals surface area contributed by atoms with Gasteiger partial charge in [-0.25, -0.2) is 31.1 Å². The highest BCUT2D eigenvalue weighted by molar-refractivity contribution is 7.91. The van der Waals surface area contributed by atoms with Gasteiger partial charge in [-0.05, 0) is 38.2 Å². The minimum absolute atomic E-state index is 0.0785. The molecule has 0 atom stereocenters. The molecule has 0 aliphatic carbocycles. The van der Waals surface area contributed by atoms with E-state index in [-0.39, 0.29) is 11.6 Å². The molecule has 180 valence electrons. The van der Waals surface area contributed by atoms with Crippen LogP contribution >= 0.6 is 0 Å². The van der Waals surface area contributed by atoms with Crippen molar-refractivity contribution in [3.8, 4) is 0 Å². The second-order valence-corrected chi connectivity index (χ2v) is 12.3. The van der Waals surface area contributed by atoms with Gasteiger partial charge < -0.3 is 4.90 Å². The van der Waals surface area contributed by atoms with Crippen LogP contribution in [-0.2, 0) is 19.9 Å². The van der Waals surface area contributed by atoms with Crippen molar-refractivity contribution in [2.75, 3.05) is 42.4 Å². The Balaban J connectivity index is 0.000000239. The Labute approximate surface area is 193 Å². The predicted octanol–water partition coefficient (Wildman–Crippen LogP) is 3.22. The van der Waals surface area contributed by atoms with Crippen molar-refractivity contribution in [3.05, 3.63) is 30.2 Å². The smallest absolute Gasteiger partial charge is 0.211 e.